The van der Waals surface area contributed by atoms with Crippen molar-refractivity contribution in [1.29, 1.82) is 0 Å². The number of nitrogens with zero attached hydrogens (tertiary/aromatic N) is 1. The van der Waals surface area contributed by atoms with Gasteiger partial charge >= 0.3 is 0 Å². The maximum atomic E-state index is 12.3. The molecule has 0 fully saturated rings. The van der Waals surface area contributed by atoms with E-state index in [0.29, 0.717) is 18.0 Å². The zero-order chi connectivity index (χ0) is 16.9. The highest BCUT2D eigenvalue weighted by Gasteiger charge is 2.19. The van der Waals surface area contributed by atoms with Crippen LogP contribution >= 0.6 is 0 Å². The molecule has 1 N–H and O–H groups in total. The average Bonchev–Trinajstić information content (AvgIpc) is 2.44. The SMILES string of the molecule is COC[C@@H](C)NC(=O)c1cc(N(C)S(C)(=O)=O)ccc1OC. The van der Waals surface area contributed by atoms with Gasteiger partial charge in [-0.1, -0.05) is 0 Å². The summed E-state index contributed by atoms with van der Waals surface area (Å²) in [6.45, 7) is 2.18. The lowest BCUT2D eigenvalue weighted by Gasteiger charge is -2.19. The molecule has 0 bridgehead atoms. The van der Waals surface area contributed by atoms with Crippen LogP contribution in [0.5, 0.6) is 5.75 Å². The number of sulfonamides is 1. The number of anilines is 1. The van der Waals surface area contributed by atoms with Crippen molar-refractivity contribution >= 4 is 21.6 Å². The minimum absolute atomic E-state index is 0.182. The molecule has 8 heteroatoms. The van der Waals surface area contributed by atoms with Crippen molar-refractivity contribution in [2.24, 2.45) is 0 Å². The zero-order valence-corrected chi connectivity index (χ0v) is 14.2. The Bertz CT molecular complexity index is 630. The second-order valence-corrected chi connectivity index (χ2v) is 6.96. The second-order valence-electron chi connectivity index (χ2n) is 4.94. The first-order valence-electron chi connectivity index (χ1n) is 6.62. The molecule has 0 saturated carbocycles. The Hall–Kier alpha value is -1.80. The summed E-state index contributed by atoms with van der Waals surface area (Å²) < 4.78 is 34.5. The molecule has 1 rings (SSSR count). The van der Waals surface area contributed by atoms with E-state index in [4.69, 9.17) is 9.47 Å². The predicted molar refractivity (Wildman–Crippen MR) is 85.0 cm³/mol. The van der Waals surface area contributed by atoms with E-state index >= 15 is 0 Å². The van der Waals surface area contributed by atoms with Gasteiger partial charge in [-0.2, -0.15) is 0 Å². The van der Waals surface area contributed by atoms with E-state index in [1.165, 1.54) is 20.2 Å². The molecule has 1 amide bonds. The van der Waals surface area contributed by atoms with Crippen LogP contribution in [0.4, 0.5) is 5.69 Å². The fraction of sp³-hybridized carbons (Fsp3) is 0.500. The second kappa shape index (κ2) is 7.46. The normalized spacial score (nSPS) is 12.6. The summed E-state index contributed by atoms with van der Waals surface area (Å²) in [5.74, 6) is 0.0120. The highest BCUT2D eigenvalue weighted by atomic mass is 32.2. The number of ether oxygens (including phenoxy) is 2. The standard InChI is InChI=1S/C14H22N2O5S/c1-10(9-20-3)15-14(17)12-8-11(6-7-13(12)21-4)16(2)22(5,18)19/h6-8,10H,9H2,1-5H3,(H,15,17)/t10-/m1/s1. The van der Waals surface area contributed by atoms with E-state index < -0.39 is 10.0 Å². The molecule has 0 aliphatic rings. The Balaban J connectivity index is 3.14. The molecule has 0 saturated heterocycles. The van der Waals surface area contributed by atoms with E-state index in [1.54, 1.807) is 26.2 Å². The molecular weight excluding hydrogens is 308 g/mol. The minimum atomic E-state index is -3.41. The van der Waals surface area contributed by atoms with Crippen LogP contribution in [0.3, 0.4) is 0 Å². The Kier molecular flexibility index (Phi) is 6.19. The monoisotopic (exact) mass is 330 g/mol. The molecule has 124 valence electrons. The number of rotatable bonds is 7. The number of nitrogens with one attached hydrogen (secondary N) is 1. The summed E-state index contributed by atoms with van der Waals surface area (Å²) in [5, 5.41) is 2.76. The maximum absolute atomic E-state index is 12.3. The first-order chi connectivity index (χ1) is 10.2. The van der Waals surface area contributed by atoms with Gasteiger partial charge in [0.2, 0.25) is 10.0 Å². The van der Waals surface area contributed by atoms with Crippen molar-refractivity contribution in [1.82, 2.24) is 5.32 Å². The molecule has 1 aromatic carbocycles. The molecule has 1 aromatic rings. The number of benzene rings is 1. The smallest absolute Gasteiger partial charge is 0.255 e. The highest BCUT2D eigenvalue weighted by Crippen LogP contribution is 2.25. The summed E-state index contributed by atoms with van der Waals surface area (Å²) in [6.07, 6.45) is 1.09. The molecule has 0 radical (unpaired) electrons. The number of methoxy groups -OCH3 is 2. The van der Waals surface area contributed by atoms with Gasteiger partial charge in [-0.25, -0.2) is 8.42 Å². The first kappa shape index (κ1) is 18.2. The van der Waals surface area contributed by atoms with Crippen molar-refractivity contribution in [3.63, 3.8) is 0 Å². The maximum Gasteiger partial charge on any atom is 0.255 e. The fourth-order valence-electron chi connectivity index (χ4n) is 1.85. The van der Waals surface area contributed by atoms with Gasteiger partial charge in [0.25, 0.3) is 5.91 Å². The van der Waals surface area contributed by atoms with E-state index in [1.807, 2.05) is 0 Å². The van der Waals surface area contributed by atoms with Crippen molar-refractivity contribution in [3.8, 4) is 5.75 Å². The molecule has 0 unspecified atom stereocenters. The number of amides is 1. The number of carbonyl (C=O) groups is 1. The molecule has 0 heterocycles. The van der Waals surface area contributed by atoms with Gasteiger partial charge in [0.1, 0.15) is 5.75 Å². The summed E-state index contributed by atoms with van der Waals surface area (Å²) in [4.78, 5) is 12.3. The summed E-state index contributed by atoms with van der Waals surface area (Å²) in [7, 11) is 1.01. The third-order valence-electron chi connectivity index (χ3n) is 3.08. The van der Waals surface area contributed by atoms with Crippen molar-refractivity contribution in [2.75, 3.05) is 38.4 Å². The summed E-state index contributed by atoms with van der Waals surface area (Å²) in [6, 6.07) is 4.44. The van der Waals surface area contributed by atoms with Gasteiger partial charge in [-0.3, -0.25) is 9.10 Å². The molecule has 22 heavy (non-hydrogen) atoms. The van der Waals surface area contributed by atoms with Crippen LogP contribution in [0.25, 0.3) is 0 Å². The lowest BCUT2D eigenvalue weighted by atomic mass is 10.1. The fourth-order valence-corrected chi connectivity index (χ4v) is 2.35. The Morgan fingerprint density at radius 3 is 2.50 bits per heavy atom. The average molecular weight is 330 g/mol. The molecule has 0 aliphatic heterocycles. The topological polar surface area (TPSA) is 84.9 Å². The minimum Gasteiger partial charge on any atom is -0.496 e. The van der Waals surface area contributed by atoms with E-state index in [-0.39, 0.29) is 17.5 Å². The molecule has 0 spiro atoms. The Labute approximate surface area is 131 Å². The lowest BCUT2D eigenvalue weighted by Crippen LogP contribution is -2.36. The van der Waals surface area contributed by atoms with Crippen LogP contribution in [-0.4, -0.2) is 54.5 Å². The van der Waals surface area contributed by atoms with Crippen LogP contribution in [0.2, 0.25) is 0 Å². The molecule has 0 aliphatic carbocycles. The quantitative estimate of drug-likeness (QED) is 0.801. The van der Waals surface area contributed by atoms with Crippen LogP contribution in [0, 0.1) is 0 Å². The van der Waals surface area contributed by atoms with E-state index in [9.17, 15) is 13.2 Å². The predicted octanol–water partition coefficient (Wildman–Crippen LogP) is 0.856. The van der Waals surface area contributed by atoms with Gasteiger partial charge < -0.3 is 14.8 Å². The first-order valence-corrected chi connectivity index (χ1v) is 8.47. The van der Waals surface area contributed by atoms with Crippen LogP contribution < -0.4 is 14.4 Å². The van der Waals surface area contributed by atoms with Crippen molar-refractivity contribution in [3.05, 3.63) is 23.8 Å². The molecule has 7 nitrogen and oxygen atoms in total. The van der Waals surface area contributed by atoms with Crippen molar-refractivity contribution in [2.45, 2.75) is 13.0 Å². The number of hydrogen-bond acceptors (Lipinski definition) is 5. The molecule has 0 aromatic heterocycles. The zero-order valence-electron chi connectivity index (χ0n) is 13.4. The number of hydrogen-bond donors (Lipinski definition) is 1. The Morgan fingerprint density at radius 2 is 2.00 bits per heavy atom. The largest absolute Gasteiger partial charge is 0.496 e. The van der Waals surface area contributed by atoms with Gasteiger partial charge in [0.05, 0.1) is 31.2 Å². The molecule has 1 atom stereocenters. The lowest BCUT2D eigenvalue weighted by molar-refractivity contribution is 0.0902. The van der Waals surface area contributed by atoms with Crippen LogP contribution in [-0.2, 0) is 14.8 Å². The van der Waals surface area contributed by atoms with E-state index in [0.717, 1.165) is 10.6 Å². The van der Waals surface area contributed by atoms with Crippen molar-refractivity contribution < 1.29 is 22.7 Å². The summed E-state index contributed by atoms with van der Waals surface area (Å²) >= 11 is 0. The van der Waals surface area contributed by atoms with Crippen LogP contribution in [0.15, 0.2) is 18.2 Å². The van der Waals surface area contributed by atoms with Gasteiger partial charge in [0.15, 0.2) is 0 Å². The van der Waals surface area contributed by atoms with Crippen LogP contribution in [0.1, 0.15) is 17.3 Å². The van der Waals surface area contributed by atoms with Gasteiger partial charge in [0, 0.05) is 20.2 Å². The Morgan fingerprint density at radius 1 is 1.36 bits per heavy atom. The van der Waals surface area contributed by atoms with E-state index in [2.05, 4.69) is 5.32 Å². The third kappa shape index (κ3) is 4.60. The third-order valence-corrected chi connectivity index (χ3v) is 4.29. The van der Waals surface area contributed by atoms with Gasteiger partial charge in [-0.15, -0.1) is 0 Å². The highest BCUT2D eigenvalue weighted by molar-refractivity contribution is 7.92. The number of carbonyl (C=O) groups excluding carboxylic acids is 1. The molecular formula is C14H22N2O5S. The van der Waals surface area contributed by atoms with Gasteiger partial charge in [-0.05, 0) is 25.1 Å². The summed E-state index contributed by atoms with van der Waals surface area (Å²) in [5.41, 5.74) is 0.645.